The normalized spacial score (nSPS) is 15.8. The Balaban J connectivity index is 1.62. The molecule has 1 aliphatic carbocycles. The summed E-state index contributed by atoms with van der Waals surface area (Å²) in [6.07, 6.45) is 9.31. The van der Waals surface area contributed by atoms with Gasteiger partial charge in [0.05, 0.1) is 12.1 Å². The van der Waals surface area contributed by atoms with Crippen molar-refractivity contribution in [2.24, 2.45) is 0 Å². The fourth-order valence-electron chi connectivity index (χ4n) is 3.67. The zero-order valence-corrected chi connectivity index (χ0v) is 16.9. The molecule has 3 rings (SSSR count). The van der Waals surface area contributed by atoms with Gasteiger partial charge >= 0.3 is 0 Å². The van der Waals surface area contributed by atoms with Crippen LogP contribution in [0.2, 0.25) is 5.02 Å². The fourth-order valence-corrected chi connectivity index (χ4v) is 3.96. The van der Waals surface area contributed by atoms with Gasteiger partial charge in [0.25, 0.3) is 0 Å². The maximum Gasteiger partial charge on any atom is 0.180 e. The lowest BCUT2D eigenvalue weighted by molar-refractivity contribution is 0.284. The van der Waals surface area contributed by atoms with Gasteiger partial charge in [0.2, 0.25) is 0 Å². The average Bonchev–Trinajstić information content (AvgIpc) is 2.66. The Morgan fingerprint density at radius 3 is 2.37 bits per heavy atom. The van der Waals surface area contributed by atoms with E-state index in [1.54, 1.807) is 7.11 Å². The minimum atomic E-state index is 0.469. The first kappa shape index (κ1) is 20.0. The largest absolute Gasteiger partial charge is 0.493 e. The number of methoxy groups -OCH3 is 1. The summed E-state index contributed by atoms with van der Waals surface area (Å²) in [6.45, 7) is 1.27. The summed E-state index contributed by atoms with van der Waals surface area (Å²) in [5, 5.41) is 4.30. The molecule has 0 aliphatic heterocycles. The summed E-state index contributed by atoms with van der Waals surface area (Å²) < 4.78 is 11.5. The van der Waals surface area contributed by atoms with Gasteiger partial charge in [0, 0.05) is 12.6 Å². The van der Waals surface area contributed by atoms with E-state index in [4.69, 9.17) is 21.1 Å². The highest BCUT2D eigenvalue weighted by Gasteiger charge is 2.14. The molecule has 0 unspecified atom stereocenters. The third kappa shape index (κ3) is 6.15. The SMILES string of the molecule is COc1cc(CNC2CCCCCCC2)cc(Cl)c1OCc1ccccc1. The molecule has 0 amide bonds. The van der Waals surface area contributed by atoms with E-state index in [1.807, 2.05) is 42.5 Å². The highest BCUT2D eigenvalue weighted by Crippen LogP contribution is 2.37. The summed E-state index contributed by atoms with van der Waals surface area (Å²) in [5.74, 6) is 1.30. The maximum atomic E-state index is 6.52. The molecule has 0 heterocycles. The Kier molecular flexibility index (Phi) is 7.85. The second-order valence-corrected chi connectivity index (χ2v) is 7.71. The third-order valence-electron chi connectivity index (χ3n) is 5.22. The van der Waals surface area contributed by atoms with Crippen LogP contribution in [0, 0.1) is 0 Å². The topological polar surface area (TPSA) is 30.5 Å². The first-order chi connectivity index (χ1) is 13.3. The Labute approximate surface area is 168 Å². The number of hydrogen-bond acceptors (Lipinski definition) is 3. The van der Waals surface area contributed by atoms with Crippen molar-refractivity contribution in [3.05, 3.63) is 58.6 Å². The van der Waals surface area contributed by atoms with Gasteiger partial charge in [-0.25, -0.2) is 0 Å². The molecule has 27 heavy (non-hydrogen) atoms. The van der Waals surface area contributed by atoms with E-state index in [2.05, 4.69) is 5.32 Å². The van der Waals surface area contributed by atoms with Crippen molar-refractivity contribution in [3.8, 4) is 11.5 Å². The second-order valence-electron chi connectivity index (χ2n) is 7.31. The van der Waals surface area contributed by atoms with Crippen LogP contribution in [0.4, 0.5) is 0 Å². The number of rotatable bonds is 7. The van der Waals surface area contributed by atoms with Crippen LogP contribution in [0.15, 0.2) is 42.5 Å². The molecule has 2 aromatic rings. The van der Waals surface area contributed by atoms with Crippen molar-refractivity contribution in [3.63, 3.8) is 0 Å². The van der Waals surface area contributed by atoms with E-state index < -0.39 is 0 Å². The van der Waals surface area contributed by atoms with Crippen LogP contribution in [0.1, 0.15) is 56.1 Å². The molecule has 0 atom stereocenters. The highest BCUT2D eigenvalue weighted by molar-refractivity contribution is 6.32. The molecule has 0 bridgehead atoms. The van der Waals surface area contributed by atoms with Gasteiger partial charge in [-0.1, -0.05) is 74.0 Å². The van der Waals surface area contributed by atoms with Gasteiger partial charge in [-0.2, -0.15) is 0 Å². The van der Waals surface area contributed by atoms with Gasteiger partial charge in [-0.3, -0.25) is 0 Å². The average molecular weight is 388 g/mol. The number of hydrogen-bond donors (Lipinski definition) is 1. The Hall–Kier alpha value is -1.71. The minimum Gasteiger partial charge on any atom is -0.493 e. The van der Waals surface area contributed by atoms with Crippen molar-refractivity contribution < 1.29 is 9.47 Å². The molecule has 1 N–H and O–H groups in total. The molecule has 0 spiro atoms. The molecule has 0 saturated heterocycles. The summed E-state index contributed by atoms with van der Waals surface area (Å²) in [4.78, 5) is 0. The van der Waals surface area contributed by atoms with Crippen LogP contribution in [0.3, 0.4) is 0 Å². The highest BCUT2D eigenvalue weighted by atomic mass is 35.5. The molecule has 4 heteroatoms. The van der Waals surface area contributed by atoms with Crippen molar-refractivity contribution in [1.82, 2.24) is 5.32 Å². The molecular formula is C23H30ClNO2. The van der Waals surface area contributed by atoms with E-state index in [9.17, 15) is 0 Å². The third-order valence-corrected chi connectivity index (χ3v) is 5.50. The van der Waals surface area contributed by atoms with Gasteiger partial charge < -0.3 is 14.8 Å². The zero-order chi connectivity index (χ0) is 18.9. The smallest absolute Gasteiger partial charge is 0.180 e. The second kappa shape index (κ2) is 10.6. The van der Waals surface area contributed by atoms with Gasteiger partial charge in [0.1, 0.15) is 6.61 Å². The predicted octanol–water partition coefficient (Wildman–Crippen LogP) is 6.13. The molecule has 0 aromatic heterocycles. The molecule has 146 valence electrons. The summed E-state index contributed by atoms with van der Waals surface area (Å²) >= 11 is 6.52. The first-order valence-corrected chi connectivity index (χ1v) is 10.4. The van der Waals surface area contributed by atoms with E-state index in [0.717, 1.165) is 17.7 Å². The van der Waals surface area contributed by atoms with E-state index in [-0.39, 0.29) is 0 Å². The standard InChI is InChI=1S/C23H30ClNO2/c1-26-22-15-19(16-25-20-12-8-3-2-4-9-13-20)14-21(24)23(22)27-17-18-10-6-5-7-11-18/h5-7,10-11,14-15,20,25H,2-4,8-9,12-13,16-17H2,1H3. The quantitative estimate of drug-likeness (QED) is 0.619. The Morgan fingerprint density at radius 1 is 0.963 bits per heavy atom. The van der Waals surface area contributed by atoms with Gasteiger partial charge in [0.15, 0.2) is 11.5 Å². The van der Waals surface area contributed by atoms with Crippen LogP contribution in [-0.2, 0) is 13.2 Å². The summed E-state index contributed by atoms with van der Waals surface area (Å²) in [5.41, 5.74) is 2.23. The summed E-state index contributed by atoms with van der Waals surface area (Å²) in [7, 11) is 1.66. The molecule has 3 nitrogen and oxygen atoms in total. The van der Waals surface area contributed by atoms with Gasteiger partial charge in [-0.15, -0.1) is 0 Å². The van der Waals surface area contributed by atoms with Crippen LogP contribution >= 0.6 is 11.6 Å². The first-order valence-electron chi connectivity index (χ1n) is 10.0. The molecule has 2 aromatic carbocycles. The molecule has 0 radical (unpaired) electrons. The Bertz CT molecular complexity index is 697. The fraction of sp³-hybridized carbons (Fsp3) is 0.478. The Morgan fingerprint density at radius 2 is 1.67 bits per heavy atom. The lowest BCUT2D eigenvalue weighted by Gasteiger charge is -2.21. The van der Waals surface area contributed by atoms with Crippen molar-refractivity contribution in [2.45, 2.75) is 64.1 Å². The number of nitrogens with one attached hydrogen (secondary N) is 1. The van der Waals surface area contributed by atoms with Crippen molar-refractivity contribution >= 4 is 11.6 Å². The van der Waals surface area contributed by atoms with E-state index in [0.29, 0.717) is 29.2 Å². The number of ether oxygens (including phenoxy) is 2. The van der Waals surface area contributed by atoms with Crippen molar-refractivity contribution in [2.75, 3.05) is 7.11 Å². The minimum absolute atomic E-state index is 0.469. The van der Waals surface area contributed by atoms with Crippen molar-refractivity contribution in [1.29, 1.82) is 0 Å². The number of halogens is 1. The lowest BCUT2D eigenvalue weighted by Crippen LogP contribution is -2.29. The van der Waals surface area contributed by atoms with Crippen LogP contribution < -0.4 is 14.8 Å². The molecule has 1 fully saturated rings. The molecule has 1 aliphatic rings. The maximum absolute atomic E-state index is 6.52. The predicted molar refractivity (Wildman–Crippen MR) is 112 cm³/mol. The van der Waals surface area contributed by atoms with E-state index >= 15 is 0 Å². The monoisotopic (exact) mass is 387 g/mol. The zero-order valence-electron chi connectivity index (χ0n) is 16.2. The molecular weight excluding hydrogens is 358 g/mol. The lowest BCUT2D eigenvalue weighted by atomic mass is 9.96. The summed E-state index contributed by atoms with van der Waals surface area (Å²) in [6, 6.07) is 14.7. The number of benzene rings is 2. The van der Waals surface area contributed by atoms with Crippen LogP contribution in [0.5, 0.6) is 11.5 Å². The molecule has 1 saturated carbocycles. The van der Waals surface area contributed by atoms with E-state index in [1.165, 1.54) is 44.9 Å². The van der Waals surface area contributed by atoms with Gasteiger partial charge in [-0.05, 0) is 36.1 Å². The van der Waals surface area contributed by atoms with Crippen LogP contribution in [0.25, 0.3) is 0 Å². The van der Waals surface area contributed by atoms with Crippen LogP contribution in [-0.4, -0.2) is 13.2 Å².